The highest BCUT2D eigenvalue weighted by atomic mass is 32.2. The molecule has 0 saturated heterocycles. The zero-order chi connectivity index (χ0) is 23.5. The van der Waals surface area contributed by atoms with E-state index in [0.29, 0.717) is 5.69 Å². The molecule has 0 fully saturated rings. The number of anilines is 2. The number of nitrogens with zero attached hydrogens (tertiary/aromatic N) is 4. The van der Waals surface area contributed by atoms with E-state index in [1.165, 1.54) is 12.1 Å². The number of azo groups is 2. The number of nitrogens with two attached hydrogens (primary N) is 2. The Morgan fingerprint density at radius 1 is 0.594 bits per heavy atom. The van der Waals surface area contributed by atoms with Crippen molar-refractivity contribution in [2.75, 3.05) is 11.5 Å². The zero-order valence-corrected chi connectivity index (χ0v) is 17.7. The van der Waals surface area contributed by atoms with Crippen LogP contribution in [-0.4, -0.2) is 25.9 Å². The molecule has 0 spiro atoms. The van der Waals surface area contributed by atoms with Crippen LogP contribution >= 0.6 is 0 Å². The Morgan fingerprint density at radius 3 is 1.66 bits per heavy atom. The molecular weight excluding hydrogens is 460 g/mol. The van der Waals surface area contributed by atoms with E-state index >= 15 is 0 Å². The Hall–Kier alpha value is -3.72. The Morgan fingerprint density at radius 2 is 1.12 bits per heavy atom. The molecule has 3 aromatic carbocycles. The minimum Gasteiger partial charge on any atom is -0.397 e. The molecule has 0 aliphatic heterocycles. The van der Waals surface area contributed by atoms with Crippen LogP contribution in [0.25, 0.3) is 0 Å². The second kappa shape index (κ2) is 8.80. The van der Waals surface area contributed by atoms with Crippen molar-refractivity contribution in [2.45, 2.75) is 9.79 Å². The molecule has 32 heavy (non-hydrogen) atoms. The third kappa shape index (κ3) is 5.50. The van der Waals surface area contributed by atoms with E-state index in [0.717, 1.165) is 18.2 Å². The summed E-state index contributed by atoms with van der Waals surface area (Å²) in [4.78, 5) is -2.06. The van der Waals surface area contributed by atoms with E-state index in [9.17, 15) is 21.4 Å². The van der Waals surface area contributed by atoms with Gasteiger partial charge in [0, 0.05) is 0 Å². The second-order valence-corrected chi connectivity index (χ2v) is 9.07. The van der Waals surface area contributed by atoms with E-state index in [2.05, 4.69) is 20.5 Å². The number of hydrogen-bond acceptors (Lipinski definition) is 10. The Labute approximate surface area is 182 Å². The van der Waals surface area contributed by atoms with Gasteiger partial charge in [-0.3, -0.25) is 9.11 Å². The Kier molecular flexibility index (Phi) is 6.31. The first-order valence-corrected chi connectivity index (χ1v) is 11.5. The summed E-state index contributed by atoms with van der Waals surface area (Å²) >= 11 is 0. The van der Waals surface area contributed by atoms with Gasteiger partial charge in [-0.1, -0.05) is 18.2 Å². The van der Waals surface area contributed by atoms with Gasteiger partial charge in [0.2, 0.25) is 0 Å². The standard InChI is InChI=1S/C18H16N6O6S2/c19-13-9-14(20)16(10-15(13)23-21-11-4-2-1-3-5-11)24-22-12-6-7-17(31(25,26)27)18(8-12)32(28,29)30/h1-10H,19-20H2,(H,25,26,27)(H,28,29,30). The first-order valence-electron chi connectivity index (χ1n) is 8.62. The molecule has 0 radical (unpaired) electrons. The van der Waals surface area contributed by atoms with Gasteiger partial charge < -0.3 is 11.5 Å². The first kappa shape index (κ1) is 23.0. The van der Waals surface area contributed by atoms with Crippen molar-refractivity contribution in [3.63, 3.8) is 0 Å². The molecule has 0 aliphatic carbocycles. The lowest BCUT2D eigenvalue weighted by Crippen LogP contribution is -2.08. The summed E-state index contributed by atoms with van der Waals surface area (Å²) in [5.41, 5.74) is 13.0. The van der Waals surface area contributed by atoms with E-state index < -0.39 is 30.0 Å². The molecule has 0 saturated carbocycles. The Balaban J connectivity index is 1.98. The van der Waals surface area contributed by atoms with Gasteiger partial charge in [0.25, 0.3) is 20.2 Å². The van der Waals surface area contributed by atoms with Crippen LogP contribution in [0.5, 0.6) is 0 Å². The summed E-state index contributed by atoms with van der Waals surface area (Å²) in [6, 6.07) is 14.2. The average Bonchev–Trinajstić information content (AvgIpc) is 2.71. The van der Waals surface area contributed by atoms with E-state index in [4.69, 9.17) is 16.0 Å². The highest BCUT2D eigenvalue weighted by Gasteiger charge is 2.24. The molecule has 14 heteroatoms. The molecule has 0 aromatic heterocycles. The summed E-state index contributed by atoms with van der Waals surface area (Å²) in [7, 11) is -9.90. The topological polar surface area (TPSA) is 210 Å². The van der Waals surface area contributed by atoms with Crippen LogP contribution in [0.15, 0.2) is 90.9 Å². The molecule has 3 rings (SSSR count). The first-order chi connectivity index (χ1) is 14.9. The lowest BCUT2D eigenvalue weighted by atomic mass is 10.2. The summed E-state index contributed by atoms with van der Waals surface area (Å²) in [5.74, 6) is 0. The van der Waals surface area contributed by atoms with Crippen molar-refractivity contribution in [2.24, 2.45) is 20.5 Å². The van der Waals surface area contributed by atoms with Gasteiger partial charge >= 0.3 is 0 Å². The quantitative estimate of drug-likeness (QED) is 0.230. The molecule has 0 atom stereocenters. The van der Waals surface area contributed by atoms with Crippen LogP contribution in [0.3, 0.4) is 0 Å². The predicted molar refractivity (Wildman–Crippen MR) is 116 cm³/mol. The van der Waals surface area contributed by atoms with Crippen LogP contribution in [0.2, 0.25) is 0 Å². The van der Waals surface area contributed by atoms with Gasteiger partial charge in [-0.15, -0.1) is 10.2 Å². The monoisotopic (exact) mass is 476 g/mol. The molecule has 6 N–H and O–H groups in total. The normalized spacial score (nSPS) is 12.6. The predicted octanol–water partition coefficient (Wildman–Crippen LogP) is 4.18. The fourth-order valence-corrected chi connectivity index (χ4v) is 4.25. The van der Waals surface area contributed by atoms with Gasteiger partial charge in [0.05, 0.1) is 22.7 Å². The van der Waals surface area contributed by atoms with Gasteiger partial charge in [-0.2, -0.15) is 27.1 Å². The van der Waals surface area contributed by atoms with Crippen molar-refractivity contribution in [3.8, 4) is 0 Å². The lowest BCUT2D eigenvalue weighted by molar-refractivity contribution is 0.466. The smallest absolute Gasteiger partial charge is 0.295 e. The molecule has 166 valence electrons. The van der Waals surface area contributed by atoms with Crippen molar-refractivity contribution in [1.82, 2.24) is 0 Å². The third-order valence-corrected chi connectivity index (χ3v) is 5.90. The molecular formula is C18H16N6O6S2. The average molecular weight is 476 g/mol. The largest absolute Gasteiger partial charge is 0.397 e. The van der Waals surface area contributed by atoms with E-state index in [-0.39, 0.29) is 28.4 Å². The Bertz CT molecular complexity index is 1440. The van der Waals surface area contributed by atoms with Crippen molar-refractivity contribution in [1.29, 1.82) is 0 Å². The molecule has 0 amide bonds. The van der Waals surface area contributed by atoms with Crippen LogP contribution in [0, 0.1) is 0 Å². The summed E-state index contributed by atoms with van der Waals surface area (Å²) in [5, 5.41) is 15.8. The summed E-state index contributed by atoms with van der Waals surface area (Å²) in [6.07, 6.45) is 0. The number of hydrogen-bond donors (Lipinski definition) is 4. The van der Waals surface area contributed by atoms with Gasteiger partial charge in [-0.25, -0.2) is 0 Å². The fraction of sp³-hybridized carbons (Fsp3) is 0. The highest BCUT2D eigenvalue weighted by Crippen LogP contribution is 2.35. The molecule has 0 heterocycles. The van der Waals surface area contributed by atoms with Crippen LogP contribution in [0.4, 0.5) is 34.1 Å². The van der Waals surface area contributed by atoms with Crippen LogP contribution < -0.4 is 11.5 Å². The summed E-state index contributed by atoms with van der Waals surface area (Å²) in [6.45, 7) is 0. The van der Waals surface area contributed by atoms with Gasteiger partial charge in [0.15, 0.2) is 0 Å². The molecule has 3 aromatic rings. The van der Waals surface area contributed by atoms with Crippen molar-refractivity contribution >= 4 is 54.4 Å². The molecule has 0 bridgehead atoms. The number of benzene rings is 3. The lowest BCUT2D eigenvalue weighted by Gasteiger charge is -2.06. The molecule has 0 aliphatic rings. The van der Waals surface area contributed by atoms with E-state index in [1.807, 2.05) is 6.07 Å². The van der Waals surface area contributed by atoms with Gasteiger partial charge in [0.1, 0.15) is 21.2 Å². The maximum atomic E-state index is 11.5. The fourth-order valence-electron chi connectivity index (χ4n) is 2.48. The number of nitrogen functional groups attached to an aromatic ring is 2. The maximum absolute atomic E-state index is 11.5. The van der Waals surface area contributed by atoms with Crippen molar-refractivity contribution < 1.29 is 25.9 Å². The SMILES string of the molecule is Nc1cc(N)c(N=Nc2ccc(S(=O)(=O)O)c(S(=O)(=O)O)c2)cc1N=Nc1ccccc1. The number of rotatable bonds is 6. The molecule has 12 nitrogen and oxygen atoms in total. The van der Waals surface area contributed by atoms with Gasteiger partial charge in [-0.05, 0) is 42.5 Å². The summed E-state index contributed by atoms with van der Waals surface area (Å²) < 4.78 is 64.1. The minimum atomic E-state index is -4.99. The maximum Gasteiger partial charge on any atom is 0.295 e. The van der Waals surface area contributed by atoms with Crippen molar-refractivity contribution in [3.05, 3.63) is 60.7 Å². The third-order valence-electron chi connectivity index (χ3n) is 3.96. The van der Waals surface area contributed by atoms with Crippen LogP contribution in [0.1, 0.15) is 0 Å². The van der Waals surface area contributed by atoms with E-state index in [1.54, 1.807) is 24.3 Å². The second-order valence-electron chi connectivity index (χ2n) is 6.29. The van der Waals surface area contributed by atoms with Crippen LogP contribution in [-0.2, 0) is 20.2 Å². The minimum absolute atomic E-state index is 0.119. The molecule has 0 unspecified atom stereocenters. The highest BCUT2D eigenvalue weighted by molar-refractivity contribution is 7.89. The zero-order valence-electron chi connectivity index (χ0n) is 16.1.